The third-order valence-electron chi connectivity index (χ3n) is 3.79. The summed E-state index contributed by atoms with van der Waals surface area (Å²) in [4.78, 5) is 25.7. The minimum absolute atomic E-state index is 0.0305. The molecule has 1 aliphatic rings. The highest BCUT2D eigenvalue weighted by Gasteiger charge is 2.46. The van der Waals surface area contributed by atoms with Crippen LogP contribution in [0, 0.1) is 6.92 Å². The molecule has 0 spiro atoms. The summed E-state index contributed by atoms with van der Waals surface area (Å²) in [6.45, 7) is 3.08. The number of sulfonamides is 1. The topological polar surface area (TPSA) is 126 Å². The standard InChI is InChI=1S/C16H21ClN4O5S2/c1-10-13(27-14(20-10)21-11(2)22)16(17)7-5-4-6-12(16)28(24,25)19-9-8-18-15(23)26-3/h4-7,12,19H,8-9H2,1-3H3,(H,18,23)(H,20,21,22). The van der Waals surface area contributed by atoms with Crippen LogP contribution >= 0.6 is 22.9 Å². The number of carbonyl (C=O) groups excluding carboxylic acids is 2. The fraction of sp³-hybridized carbons (Fsp3) is 0.438. The van der Waals surface area contributed by atoms with Gasteiger partial charge in [-0.15, -0.1) is 11.6 Å². The summed E-state index contributed by atoms with van der Waals surface area (Å²) in [5, 5.41) is 4.20. The third kappa shape index (κ3) is 5.10. The first-order chi connectivity index (χ1) is 13.1. The summed E-state index contributed by atoms with van der Waals surface area (Å²) >= 11 is 7.93. The second kappa shape index (κ2) is 9.03. The Morgan fingerprint density at radius 2 is 2.07 bits per heavy atom. The summed E-state index contributed by atoms with van der Waals surface area (Å²) < 4.78 is 32.6. The molecule has 0 fully saturated rings. The molecule has 9 nitrogen and oxygen atoms in total. The lowest BCUT2D eigenvalue weighted by Crippen LogP contribution is -2.46. The number of ether oxygens (including phenoxy) is 1. The van der Waals surface area contributed by atoms with Crippen molar-refractivity contribution in [1.82, 2.24) is 15.0 Å². The van der Waals surface area contributed by atoms with E-state index in [1.165, 1.54) is 20.1 Å². The van der Waals surface area contributed by atoms with Crippen LogP contribution in [-0.4, -0.2) is 50.9 Å². The van der Waals surface area contributed by atoms with Gasteiger partial charge in [-0.05, 0) is 6.92 Å². The third-order valence-corrected chi connectivity index (χ3v) is 7.61. The molecule has 1 aromatic heterocycles. The molecule has 2 rings (SSSR count). The highest BCUT2D eigenvalue weighted by Crippen LogP contribution is 2.45. The number of thiazole rings is 1. The Morgan fingerprint density at radius 3 is 2.71 bits per heavy atom. The van der Waals surface area contributed by atoms with Crippen molar-refractivity contribution in [3.63, 3.8) is 0 Å². The van der Waals surface area contributed by atoms with Crippen molar-refractivity contribution in [3.8, 4) is 0 Å². The van der Waals surface area contributed by atoms with Crippen molar-refractivity contribution in [2.75, 3.05) is 25.5 Å². The lowest BCUT2D eigenvalue weighted by atomic mass is 9.96. The largest absolute Gasteiger partial charge is 0.453 e. The van der Waals surface area contributed by atoms with Gasteiger partial charge in [-0.2, -0.15) is 0 Å². The number of anilines is 1. The van der Waals surface area contributed by atoms with E-state index in [0.29, 0.717) is 15.7 Å². The number of allylic oxidation sites excluding steroid dienone is 3. The van der Waals surface area contributed by atoms with E-state index >= 15 is 0 Å². The van der Waals surface area contributed by atoms with Crippen LogP contribution in [0.5, 0.6) is 0 Å². The van der Waals surface area contributed by atoms with Crippen LogP contribution in [0.15, 0.2) is 24.3 Å². The highest BCUT2D eigenvalue weighted by molar-refractivity contribution is 7.90. The first-order valence-electron chi connectivity index (χ1n) is 8.21. The van der Waals surface area contributed by atoms with E-state index in [1.54, 1.807) is 25.2 Å². The van der Waals surface area contributed by atoms with E-state index in [-0.39, 0.29) is 19.0 Å². The number of rotatable bonds is 7. The van der Waals surface area contributed by atoms with Crippen molar-refractivity contribution in [1.29, 1.82) is 0 Å². The number of methoxy groups -OCH3 is 1. The average molecular weight is 449 g/mol. The molecule has 2 unspecified atom stereocenters. The number of carbonyl (C=O) groups is 2. The van der Waals surface area contributed by atoms with Crippen LogP contribution in [0.25, 0.3) is 0 Å². The molecule has 3 N–H and O–H groups in total. The minimum atomic E-state index is -3.89. The molecule has 28 heavy (non-hydrogen) atoms. The maximum Gasteiger partial charge on any atom is 0.406 e. The fourth-order valence-electron chi connectivity index (χ4n) is 2.61. The Bertz CT molecular complexity index is 912. The molecule has 0 aliphatic heterocycles. The monoisotopic (exact) mass is 448 g/mol. The molecule has 0 bridgehead atoms. The van der Waals surface area contributed by atoms with Gasteiger partial charge in [0, 0.05) is 20.0 Å². The van der Waals surface area contributed by atoms with Crippen LogP contribution < -0.4 is 15.4 Å². The summed E-state index contributed by atoms with van der Waals surface area (Å²) in [6.07, 6.45) is 5.68. The number of nitrogens with zero attached hydrogens (tertiary/aromatic N) is 1. The van der Waals surface area contributed by atoms with E-state index in [1.807, 2.05) is 0 Å². The second-order valence-electron chi connectivity index (χ2n) is 5.91. The molecule has 154 valence electrons. The van der Waals surface area contributed by atoms with Crippen molar-refractivity contribution in [2.45, 2.75) is 24.0 Å². The van der Waals surface area contributed by atoms with E-state index in [2.05, 4.69) is 25.1 Å². The zero-order valence-corrected chi connectivity index (χ0v) is 17.9. The van der Waals surface area contributed by atoms with Crippen molar-refractivity contribution in [3.05, 3.63) is 34.9 Å². The fourth-order valence-corrected chi connectivity index (χ4v) is 6.06. The maximum atomic E-state index is 12.9. The quantitative estimate of drug-likeness (QED) is 0.429. The van der Waals surface area contributed by atoms with Gasteiger partial charge in [-0.1, -0.05) is 35.6 Å². The van der Waals surface area contributed by atoms with Gasteiger partial charge in [0.25, 0.3) is 0 Å². The zero-order chi connectivity index (χ0) is 20.9. The van der Waals surface area contributed by atoms with Gasteiger partial charge >= 0.3 is 6.09 Å². The van der Waals surface area contributed by atoms with E-state index in [9.17, 15) is 18.0 Å². The molecule has 0 aromatic carbocycles. The lowest BCUT2D eigenvalue weighted by molar-refractivity contribution is -0.114. The number of aryl methyl sites for hydroxylation is 1. The first kappa shape index (κ1) is 22.3. The summed E-state index contributed by atoms with van der Waals surface area (Å²) in [7, 11) is -2.68. The molecule has 1 heterocycles. The van der Waals surface area contributed by atoms with Crippen LogP contribution in [0.1, 0.15) is 17.5 Å². The van der Waals surface area contributed by atoms with Crippen molar-refractivity contribution >= 4 is 50.1 Å². The molecule has 0 saturated carbocycles. The van der Waals surface area contributed by atoms with Crippen LogP contribution in [-0.2, 0) is 24.4 Å². The average Bonchev–Trinajstić information content (AvgIpc) is 2.99. The number of hydrogen-bond acceptors (Lipinski definition) is 7. The Kier molecular flexibility index (Phi) is 7.21. The molecular weight excluding hydrogens is 428 g/mol. The smallest absolute Gasteiger partial charge is 0.406 e. The lowest BCUT2D eigenvalue weighted by Gasteiger charge is -2.32. The molecule has 1 aliphatic carbocycles. The first-order valence-corrected chi connectivity index (χ1v) is 10.9. The number of nitrogens with one attached hydrogen (secondary N) is 3. The number of halogens is 1. The molecule has 1 aromatic rings. The number of aromatic nitrogens is 1. The van der Waals surface area contributed by atoms with Gasteiger partial charge in [0.05, 0.1) is 17.7 Å². The zero-order valence-electron chi connectivity index (χ0n) is 15.5. The van der Waals surface area contributed by atoms with Crippen molar-refractivity contribution < 1.29 is 22.7 Å². The Morgan fingerprint density at radius 1 is 1.36 bits per heavy atom. The molecule has 0 radical (unpaired) electrons. The number of amides is 2. The molecule has 0 saturated heterocycles. The molecule has 2 atom stereocenters. The van der Waals surface area contributed by atoms with Gasteiger partial charge in [0.15, 0.2) is 5.13 Å². The van der Waals surface area contributed by atoms with Gasteiger partial charge in [0.2, 0.25) is 15.9 Å². The Balaban J connectivity index is 2.24. The summed E-state index contributed by atoms with van der Waals surface area (Å²) in [6, 6.07) is 0. The normalized spacial score (nSPS) is 21.4. The SMILES string of the molecule is COC(=O)NCCNS(=O)(=O)C1C=CC=CC1(Cl)c1sc(NC(C)=O)nc1C. The summed E-state index contributed by atoms with van der Waals surface area (Å²) in [5.41, 5.74) is 0.524. The number of alkyl carbamates (subject to hydrolysis) is 1. The van der Waals surface area contributed by atoms with Crippen LogP contribution in [0.2, 0.25) is 0 Å². The maximum absolute atomic E-state index is 12.9. The van der Waals surface area contributed by atoms with Crippen LogP contribution in [0.3, 0.4) is 0 Å². The second-order valence-corrected chi connectivity index (χ2v) is 9.42. The Labute approximate surface area is 172 Å². The number of alkyl halides is 1. The molecule has 12 heteroatoms. The predicted octanol–water partition coefficient (Wildman–Crippen LogP) is 1.61. The van der Waals surface area contributed by atoms with Gasteiger partial charge in [0.1, 0.15) is 10.1 Å². The molecule has 2 amide bonds. The van der Waals surface area contributed by atoms with Gasteiger partial charge in [-0.3, -0.25) is 4.79 Å². The highest BCUT2D eigenvalue weighted by atomic mass is 35.5. The number of hydrogen-bond donors (Lipinski definition) is 3. The van der Waals surface area contributed by atoms with Gasteiger partial charge in [-0.25, -0.2) is 22.9 Å². The van der Waals surface area contributed by atoms with E-state index < -0.39 is 26.2 Å². The van der Waals surface area contributed by atoms with Crippen molar-refractivity contribution in [2.24, 2.45) is 0 Å². The predicted molar refractivity (Wildman–Crippen MR) is 108 cm³/mol. The Hall–Kier alpha value is -1.95. The minimum Gasteiger partial charge on any atom is -0.453 e. The summed E-state index contributed by atoms with van der Waals surface area (Å²) in [5.74, 6) is -0.285. The van der Waals surface area contributed by atoms with Crippen LogP contribution in [0.4, 0.5) is 9.93 Å². The van der Waals surface area contributed by atoms with E-state index in [4.69, 9.17) is 11.6 Å². The van der Waals surface area contributed by atoms with Gasteiger partial charge < -0.3 is 15.4 Å². The van der Waals surface area contributed by atoms with E-state index in [0.717, 1.165) is 11.3 Å². The molecular formula is C16H21ClN4O5S2.